The molecule has 0 unspecified atom stereocenters. The number of Topliss-reactive ketones (excluding diaryl/α,β-unsaturated/α-hetero) is 1. The van der Waals surface area contributed by atoms with Crippen molar-refractivity contribution in [1.82, 2.24) is 14.8 Å². The van der Waals surface area contributed by atoms with Gasteiger partial charge in [-0.3, -0.25) is 4.79 Å². The van der Waals surface area contributed by atoms with Gasteiger partial charge in [-0.05, 0) is 13.3 Å². The van der Waals surface area contributed by atoms with Crippen LogP contribution in [-0.4, -0.2) is 32.2 Å². The first kappa shape index (κ1) is 15.1. The van der Waals surface area contributed by atoms with E-state index in [9.17, 15) is 4.79 Å². The van der Waals surface area contributed by atoms with E-state index in [2.05, 4.69) is 10.2 Å². The zero-order valence-electron chi connectivity index (χ0n) is 11.5. The molecule has 1 aromatic heterocycles. The van der Waals surface area contributed by atoms with Crippen molar-refractivity contribution in [2.75, 3.05) is 11.6 Å². The van der Waals surface area contributed by atoms with Crippen molar-refractivity contribution in [3.63, 3.8) is 0 Å². The van der Waals surface area contributed by atoms with Crippen LogP contribution >= 0.6 is 23.4 Å². The minimum atomic E-state index is 0.0619. The summed E-state index contributed by atoms with van der Waals surface area (Å²) in [6.45, 7) is 1.56. The number of rotatable bonds is 6. The van der Waals surface area contributed by atoms with E-state index in [0.717, 1.165) is 28.7 Å². The molecule has 0 atom stereocenters. The molecule has 0 saturated heterocycles. The minimum Gasteiger partial charge on any atom is -0.305 e. The number of benzene rings is 1. The van der Waals surface area contributed by atoms with Crippen LogP contribution in [0.3, 0.4) is 0 Å². The molecule has 0 radical (unpaired) electrons. The first-order valence-corrected chi connectivity index (χ1v) is 7.85. The highest BCUT2D eigenvalue weighted by atomic mass is 35.5. The summed E-state index contributed by atoms with van der Waals surface area (Å²) in [6.07, 6.45) is 0.946. The van der Waals surface area contributed by atoms with Crippen molar-refractivity contribution in [3.8, 4) is 11.4 Å². The Morgan fingerprint density at radius 1 is 1.30 bits per heavy atom. The predicted octanol–water partition coefficient (Wildman–Crippen LogP) is 3.41. The number of alkyl halides is 1. The molecular weight excluding hydrogens is 294 g/mol. The average molecular weight is 310 g/mol. The zero-order valence-corrected chi connectivity index (χ0v) is 13.0. The van der Waals surface area contributed by atoms with Gasteiger partial charge >= 0.3 is 0 Å². The molecule has 20 heavy (non-hydrogen) atoms. The Balaban J connectivity index is 2.18. The van der Waals surface area contributed by atoms with Crippen LogP contribution in [0.4, 0.5) is 0 Å². The number of nitrogens with zero attached hydrogens (tertiary/aromatic N) is 3. The Hall–Kier alpha value is -1.33. The summed E-state index contributed by atoms with van der Waals surface area (Å²) >= 11 is 7.31. The Labute approximate surface area is 127 Å². The molecule has 6 heteroatoms. The van der Waals surface area contributed by atoms with Crippen LogP contribution in [0.15, 0.2) is 29.4 Å². The minimum absolute atomic E-state index is 0.0619. The maximum atomic E-state index is 11.3. The molecule has 1 aromatic carbocycles. The van der Waals surface area contributed by atoms with Gasteiger partial charge in [-0.25, -0.2) is 0 Å². The number of carbonyl (C=O) groups is 1. The fourth-order valence-corrected chi connectivity index (χ4v) is 2.91. The molecule has 106 valence electrons. The lowest BCUT2D eigenvalue weighted by Crippen LogP contribution is -1.96. The van der Waals surface area contributed by atoms with E-state index in [0.29, 0.717) is 11.4 Å². The van der Waals surface area contributed by atoms with Crippen LogP contribution in [0.5, 0.6) is 0 Å². The van der Waals surface area contributed by atoms with Gasteiger partial charge in [-0.15, -0.1) is 21.8 Å². The third-order valence-electron chi connectivity index (χ3n) is 2.89. The largest absolute Gasteiger partial charge is 0.305 e. The maximum absolute atomic E-state index is 11.3. The monoisotopic (exact) mass is 309 g/mol. The van der Waals surface area contributed by atoms with Gasteiger partial charge in [0.1, 0.15) is 0 Å². The number of ketones is 1. The van der Waals surface area contributed by atoms with Crippen LogP contribution < -0.4 is 0 Å². The Morgan fingerprint density at radius 3 is 2.60 bits per heavy atom. The van der Waals surface area contributed by atoms with Crippen molar-refractivity contribution in [2.45, 2.75) is 18.5 Å². The lowest BCUT2D eigenvalue weighted by Gasteiger charge is -2.04. The summed E-state index contributed by atoms with van der Waals surface area (Å²) in [5.41, 5.74) is 1.65. The molecule has 0 bridgehead atoms. The quantitative estimate of drug-likeness (QED) is 0.355. The van der Waals surface area contributed by atoms with E-state index in [4.69, 9.17) is 11.6 Å². The van der Waals surface area contributed by atoms with Gasteiger partial charge < -0.3 is 4.57 Å². The van der Waals surface area contributed by atoms with Crippen molar-refractivity contribution in [2.24, 2.45) is 7.05 Å². The smallest absolute Gasteiger partial charge is 0.191 e. The topological polar surface area (TPSA) is 47.8 Å². The fourth-order valence-electron chi connectivity index (χ4n) is 1.76. The fraction of sp³-hybridized carbons (Fsp3) is 0.357. The molecule has 0 amide bonds. The number of aromatic nitrogens is 3. The molecule has 4 nitrogen and oxygen atoms in total. The number of carbonyl (C=O) groups excluding carboxylic acids is 1. The highest BCUT2D eigenvalue weighted by Crippen LogP contribution is 2.23. The number of hydrogen-bond acceptors (Lipinski definition) is 4. The summed E-state index contributed by atoms with van der Waals surface area (Å²) in [5, 5.41) is 9.28. The van der Waals surface area contributed by atoms with Crippen molar-refractivity contribution in [3.05, 3.63) is 29.8 Å². The Kier molecular flexibility index (Phi) is 5.20. The first-order chi connectivity index (χ1) is 9.63. The van der Waals surface area contributed by atoms with Crippen molar-refractivity contribution >= 4 is 29.1 Å². The summed E-state index contributed by atoms with van der Waals surface area (Å²) in [6, 6.07) is 7.42. The van der Waals surface area contributed by atoms with E-state index in [1.54, 1.807) is 18.7 Å². The second-order valence-corrected chi connectivity index (χ2v) is 5.83. The van der Waals surface area contributed by atoms with Gasteiger partial charge in [0.2, 0.25) is 0 Å². The van der Waals surface area contributed by atoms with Gasteiger partial charge in [-0.2, -0.15) is 0 Å². The zero-order chi connectivity index (χ0) is 14.5. The Morgan fingerprint density at radius 2 is 2.00 bits per heavy atom. The lowest BCUT2D eigenvalue weighted by molar-refractivity contribution is 0.101. The first-order valence-electron chi connectivity index (χ1n) is 6.33. The maximum Gasteiger partial charge on any atom is 0.191 e. The molecule has 0 saturated carbocycles. The third-order valence-corrected chi connectivity index (χ3v) is 4.27. The number of hydrogen-bond donors (Lipinski definition) is 0. The van der Waals surface area contributed by atoms with Crippen LogP contribution in [0.1, 0.15) is 23.7 Å². The molecule has 0 aliphatic heterocycles. The second kappa shape index (κ2) is 6.90. The van der Waals surface area contributed by atoms with E-state index in [1.807, 2.05) is 35.9 Å². The van der Waals surface area contributed by atoms with Crippen molar-refractivity contribution in [1.29, 1.82) is 0 Å². The number of halogens is 1. The van der Waals surface area contributed by atoms with Gasteiger partial charge in [0.25, 0.3) is 0 Å². The third kappa shape index (κ3) is 3.41. The highest BCUT2D eigenvalue weighted by Gasteiger charge is 2.11. The van der Waals surface area contributed by atoms with Gasteiger partial charge in [0, 0.05) is 29.8 Å². The van der Waals surface area contributed by atoms with E-state index >= 15 is 0 Å². The normalized spacial score (nSPS) is 10.8. The SMILES string of the molecule is CC(=O)c1ccc(-c2nnc(SCCCCl)n2C)cc1. The molecule has 0 aliphatic carbocycles. The van der Waals surface area contributed by atoms with Crippen LogP contribution in [0, 0.1) is 0 Å². The Bertz CT molecular complexity index is 595. The van der Waals surface area contributed by atoms with Crippen LogP contribution in [0.2, 0.25) is 0 Å². The van der Waals surface area contributed by atoms with E-state index in [-0.39, 0.29) is 5.78 Å². The average Bonchev–Trinajstić information content (AvgIpc) is 2.81. The molecule has 0 spiro atoms. The highest BCUT2D eigenvalue weighted by molar-refractivity contribution is 7.99. The van der Waals surface area contributed by atoms with Crippen LogP contribution in [0.25, 0.3) is 11.4 Å². The summed E-state index contributed by atoms with van der Waals surface area (Å²) in [4.78, 5) is 11.3. The lowest BCUT2D eigenvalue weighted by atomic mass is 10.1. The van der Waals surface area contributed by atoms with E-state index in [1.165, 1.54) is 0 Å². The predicted molar refractivity (Wildman–Crippen MR) is 82.5 cm³/mol. The van der Waals surface area contributed by atoms with Crippen LogP contribution in [-0.2, 0) is 7.05 Å². The molecule has 2 rings (SSSR count). The molecule has 1 heterocycles. The molecule has 0 aliphatic rings. The van der Waals surface area contributed by atoms with Crippen molar-refractivity contribution < 1.29 is 4.79 Å². The molecule has 0 N–H and O–H groups in total. The number of thioether (sulfide) groups is 1. The van der Waals surface area contributed by atoms with E-state index < -0.39 is 0 Å². The summed E-state index contributed by atoms with van der Waals surface area (Å²) in [7, 11) is 1.94. The van der Waals surface area contributed by atoms with Gasteiger partial charge in [0.05, 0.1) is 0 Å². The van der Waals surface area contributed by atoms with Gasteiger partial charge in [0.15, 0.2) is 16.8 Å². The molecule has 0 fully saturated rings. The summed E-state index contributed by atoms with van der Waals surface area (Å²) in [5.74, 6) is 2.45. The molecular formula is C14H16ClN3OS. The standard InChI is InChI=1S/C14H16ClN3OS/c1-10(19)11-4-6-12(7-5-11)13-16-17-14(18(13)2)20-9-3-8-15/h4-7H,3,8-9H2,1-2H3. The van der Waals surface area contributed by atoms with Gasteiger partial charge in [-0.1, -0.05) is 36.0 Å². The molecule has 2 aromatic rings. The summed E-state index contributed by atoms with van der Waals surface area (Å²) < 4.78 is 1.96. The second-order valence-electron chi connectivity index (χ2n) is 4.39.